The maximum absolute atomic E-state index is 12.7. The molecule has 2 aromatic heterocycles. The summed E-state index contributed by atoms with van der Waals surface area (Å²) in [7, 11) is 1.75. The van der Waals surface area contributed by atoms with Crippen LogP contribution in [-0.4, -0.2) is 42.6 Å². The Kier molecular flexibility index (Phi) is 5.39. The Hall–Kier alpha value is -3.45. The molecule has 4 aromatic rings. The van der Waals surface area contributed by atoms with Crippen molar-refractivity contribution in [1.82, 2.24) is 29.7 Å². The van der Waals surface area contributed by atoms with Gasteiger partial charge in [0, 0.05) is 31.0 Å². The van der Waals surface area contributed by atoms with Crippen LogP contribution in [0.1, 0.15) is 21.6 Å². The summed E-state index contributed by atoms with van der Waals surface area (Å²) in [6, 6.07) is 17.3. The molecule has 0 unspecified atom stereocenters. The number of carbonyl (C=O) groups is 1. The van der Waals surface area contributed by atoms with E-state index in [1.165, 1.54) is 0 Å². The van der Waals surface area contributed by atoms with Crippen molar-refractivity contribution in [2.75, 3.05) is 7.05 Å². The molecular formula is C21H19ClN6O. The summed E-state index contributed by atoms with van der Waals surface area (Å²) in [4.78, 5) is 14.4. The molecule has 8 heteroatoms. The first-order valence-electron chi connectivity index (χ1n) is 9.07. The van der Waals surface area contributed by atoms with Crippen LogP contribution in [-0.2, 0) is 13.1 Å². The molecule has 0 radical (unpaired) electrons. The van der Waals surface area contributed by atoms with Gasteiger partial charge < -0.3 is 4.90 Å². The minimum Gasteiger partial charge on any atom is -0.336 e. The highest BCUT2D eigenvalue weighted by atomic mass is 35.5. The Morgan fingerprint density at radius 1 is 1.10 bits per heavy atom. The highest BCUT2D eigenvalue weighted by molar-refractivity contribution is 6.30. The fraction of sp³-hybridized carbons (Fsp3) is 0.143. The molecule has 0 saturated carbocycles. The van der Waals surface area contributed by atoms with E-state index in [0.29, 0.717) is 23.8 Å². The minimum atomic E-state index is -0.183. The summed E-state index contributed by atoms with van der Waals surface area (Å²) < 4.78 is 3.43. The van der Waals surface area contributed by atoms with Crippen molar-refractivity contribution in [1.29, 1.82) is 0 Å². The lowest BCUT2D eigenvalue weighted by Gasteiger charge is -2.16. The number of hydrogen-bond donors (Lipinski definition) is 0. The first kappa shape index (κ1) is 18.9. The molecule has 0 aliphatic carbocycles. The van der Waals surface area contributed by atoms with Crippen LogP contribution in [0.4, 0.5) is 0 Å². The first-order chi connectivity index (χ1) is 14.1. The van der Waals surface area contributed by atoms with Gasteiger partial charge in [-0.25, -0.2) is 9.36 Å². The van der Waals surface area contributed by atoms with E-state index in [9.17, 15) is 4.79 Å². The Labute approximate surface area is 173 Å². The summed E-state index contributed by atoms with van der Waals surface area (Å²) >= 11 is 5.91. The van der Waals surface area contributed by atoms with Crippen molar-refractivity contribution in [3.05, 3.63) is 95.0 Å². The van der Waals surface area contributed by atoms with Gasteiger partial charge in [-0.3, -0.25) is 4.79 Å². The summed E-state index contributed by atoms with van der Waals surface area (Å²) in [5.41, 5.74) is 3.29. The van der Waals surface area contributed by atoms with Gasteiger partial charge in [-0.2, -0.15) is 5.10 Å². The van der Waals surface area contributed by atoms with Crippen molar-refractivity contribution in [3.63, 3.8) is 0 Å². The third-order valence-electron chi connectivity index (χ3n) is 4.46. The monoisotopic (exact) mass is 406 g/mol. The lowest BCUT2D eigenvalue weighted by Crippen LogP contribution is -2.26. The summed E-state index contributed by atoms with van der Waals surface area (Å²) in [5.74, 6) is -0.183. The zero-order chi connectivity index (χ0) is 20.2. The standard InChI is InChI=1S/C21H19ClN6O/c1-26(13-17-4-2-5-19(12-17)28-11-3-10-23-28)21(29)20-15-27(25-24-20)14-16-6-8-18(22)9-7-16/h2-12,15H,13-14H2,1H3. The fourth-order valence-corrected chi connectivity index (χ4v) is 3.14. The largest absolute Gasteiger partial charge is 0.336 e. The lowest BCUT2D eigenvalue weighted by molar-refractivity contribution is 0.0779. The molecule has 0 N–H and O–H groups in total. The van der Waals surface area contributed by atoms with Crippen molar-refractivity contribution in [2.45, 2.75) is 13.1 Å². The van der Waals surface area contributed by atoms with Crippen molar-refractivity contribution < 1.29 is 4.79 Å². The number of aromatic nitrogens is 5. The number of halogens is 1. The third kappa shape index (κ3) is 4.52. The molecule has 0 aliphatic heterocycles. The Morgan fingerprint density at radius 3 is 2.69 bits per heavy atom. The topological polar surface area (TPSA) is 68.8 Å². The summed E-state index contributed by atoms with van der Waals surface area (Å²) in [6.07, 6.45) is 5.27. The molecule has 0 aliphatic rings. The third-order valence-corrected chi connectivity index (χ3v) is 4.71. The van der Waals surface area contributed by atoms with Gasteiger partial charge in [0.2, 0.25) is 0 Å². The van der Waals surface area contributed by atoms with E-state index < -0.39 is 0 Å². The normalized spacial score (nSPS) is 10.8. The van der Waals surface area contributed by atoms with Gasteiger partial charge in [0.25, 0.3) is 5.91 Å². The molecule has 0 saturated heterocycles. The molecule has 0 fully saturated rings. The molecule has 0 atom stereocenters. The predicted octanol–water partition coefficient (Wildman–Crippen LogP) is 3.44. The second-order valence-corrected chi connectivity index (χ2v) is 7.15. The zero-order valence-electron chi connectivity index (χ0n) is 15.8. The smallest absolute Gasteiger partial charge is 0.276 e. The number of carbonyl (C=O) groups excluding carboxylic acids is 1. The second kappa shape index (κ2) is 8.28. The van der Waals surface area contributed by atoms with Gasteiger partial charge in [-0.15, -0.1) is 5.10 Å². The number of benzene rings is 2. The van der Waals surface area contributed by atoms with Gasteiger partial charge in [0.15, 0.2) is 5.69 Å². The first-order valence-corrected chi connectivity index (χ1v) is 9.45. The average Bonchev–Trinajstić information content (AvgIpc) is 3.42. The maximum Gasteiger partial charge on any atom is 0.276 e. The predicted molar refractivity (Wildman–Crippen MR) is 110 cm³/mol. The highest BCUT2D eigenvalue weighted by Crippen LogP contribution is 2.13. The zero-order valence-corrected chi connectivity index (χ0v) is 16.6. The number of nitrogens with zero attached hydrogens (tertiary/aromatic N) is 6. The molecule has 7 nitrogen and oxygen atoms in total. The highest BCUT2D eigenvalue weighted by Gasteiger charge is 2.16. The van der Waals surface area contributed by atoms with Crippen LogP contribution in [0.5, 0.6) is 0 Å². The molecule has 29 heavy (non-hydrogen) atoms. The van der Waals surface area contributed by atoms with E-state index in [2.05, 4.69) is 15.4 Å². The molecule has 146 valence electrons. The molecule has 2 aromatic carbocycles. The molecular weight excluding hydrogens is 388 g/mol. The van der Waals surface area contributed by atoms with Gasteiger partial charge in [-0.1, -0.05) is 41.1 Å². The Morgan fingerprint density at radius 2 is 1.93 bits per heavy atom. The van der Waals surface area contributed by atoms with E-state index in [1.807, 2.05) is 60.8 Å². The van der Waals surface area contributed by atoms with Crippen LogP contribution in [0, 0.1) is 0 Å². The van der Waals surface area contributed by atoms with Gasteiger partial charge >= 0.3 is 0 Å². The van der Waals surface area contributed by atoms with Gasteiger partial charge in [-0.05, 0) is 41.5 Å². The van der Waals surface area contributed by atoms with Gasteiger partial charge in [0.05, 0.1) is 18.4 Å². The second-order valence-electron chi connectivity index (χ2n) is 6.71. The van der Waals surface area contributed by atoms with Crippen LogP contribution in [0.3, 0.4) is 0 Å². The SMILES string of the molecule is CN(Cc1cccc(-n2cccn2)c1)C(=O)c1cn(Cc2ccc(Cl)cc2)nn1. The maximum atomic E-state index is 12.7. The van der Waals surface area contributed by atoms with Crippen LogP contribution in [0.15, 0.2) is 73.2 Å². The molecule has 0 bridgehead atoms. The van der Waals surface area contributed by atoms with Crippen LogP contribution >= 0.6 is 11.6 Å². The molecule has 1 amide bonds. The summed E-state index contributed by atoms with van der Waals surface area (Å²) in [6.45, 7) is 0.977. The Bertz CT molecular complexity index is 1100. The van der Waals surface area contributed by atoms with E-state index in [0.717, 1.165) is 16.8 Å². The van der Waals surface area contributed by atoms with Gasteiger partial charge in [0.1, 0.15) is 0 Å². The molecule has 2 heterocycles. The van der Waals surface area contributed by atoms with Crippen molar-refractivity contribution >= 4 is 17.5 Å². The van der Waals surface area contributed by atoms with E-state index >= 15 is 0 Å². The van der Waals surface area contributed by atoms with Crippen molar-refractivity contribution in [3.8, 4) is 5.69 Å². The lowest BCUT2D eigenvalue weighted by atomic mass is 10.2. The summed E-state index contributed by atoms with van der Waals surface area (Å²) in [5, 5.41) is 13.0. The van der Waals surface area contributed by atoms with E-state index in [-0.39, 0.29) is 5.91 Å². The minimum absolute atomic E-state index is 0.183. The Balaban J connectivity index is 1.42. The van der Waals surface area contributed by atoms with E-state index in [1.54, 1.807) is 33.7 Å². The molecule has 4 rings (SSSR count). The molecule has 0 spiro atoms. The quantitative estimate of drug-likeness (QED) is 0.492. The fourth-order valence-electron chi connectivity index (χ4n) is 3.01. The number of amides is 1. The number of hydrogen-bond acceptors (Lipinski definition) is 4. The number of rotatable bonds is 6. The van der Waals surface area contributed by atoms with Crippen LogP contribution < -0.4 is 0 Å². The van der Waals surface area contributed by atoms with Crippen molar-refractivity contribution in [2.24, 2.45) is 0 Å². The average molecular weight is 407 g/mol. The van der Waals surface area contributed by atoms with Crippen LogP contribution in [0.25, 0.3) is 5.69 Å². The van der Waals surface area contributed by atoms with E-state index in [4.69, 9.17) is 11.6 Å². The van der Waals surface area contributed by atoms with Crippen LogP contribution in [0.2, 0.25) is 5.02 Å².